The molecule has 0 spiro atoms. The predicted molar refractivity (Wildman–Crippen MR) is 127 cm³/mol. The lowest BCUT2D eigenvalue weighted by atomic mass is 9.83. The summed E-state index contributed by atoms with van der Waals surface area (Å²) in [5, 5.41) is 1.95. The molecule has 0 saturated carbocycles. The first-order valence-electron chi connectivity index (χ1n) is 9.84. The minimum atomic E-state index is -0.269. The maximum absolute atomic E-state index is 13.0. The molecule has 0 aliphatic heterocycles. The second kappa shape index (κ2) is 8.33. The normalized spacial score (nSPS) is 12.0. The lowest BCUT2D eigenvalue weighted by molar-refractivity contribution is -0.141. The number of ketones is 1. The Labute approximate surface area is 192 Å². The van der Waals surface area contributed by atoms with Gasteiger partial charge in [0, 0.05) is 25.9 Å². The van der Waals surface area contributed by atoms with Crippen LogP contribution in [0.3, 0.4) is 0 Å². The molecule has 4 aromatic rings. The van der Waals surface area contributed by atoms with Crippen molar-refractivity contribution in [1.82, 2.24) is 0 Å². The van der Waals surface area contributed by atoms with Crippen LogP contribution < -0.4 is 0 Å². The van der Waals surface area contributed by atoms with Crippen molar-refractivity contribution in [3.63, 3.8) is 0 Å². The first-order chi connectivity index (χ1) is 15.1. The number of rotatable bonds is 5. The van der Waals surface area contributed by atoms with Crippen LogP contribution in [0.15, 0.2) is 88.2 Å². The van der Waals surface area contributed by atoms with E-state index >= 15 is 0 Å². The molecule has 1 aliphatic carbocycles. The second-order valence-electron chi connectivity index (χ2n) is 7.29. The fourth-order valence-electron chi connectivity index (χ4n) is 3.90. The van der Waals surface area contributed by atoms with Crippen molar-refractivity contribution < 1.29 is 14.3 Å². The molecule has 31 heavy (non-hydrogen) atoms. The molecule has 0 amide bonds. The number of ether oxygens (including phenoxy) is 1. The smallest absolute Gasteiger partial charge is 0.316 e. The molecule has 0 heterocycles. The van der Waals surface area contributed by atoms with E-state index in [-0.39, 0.29) is 24.1 Å². The summed E-state index contributed by atoms with van der Waals surface area (Å²) in [7, 11) is 0. The number of hydrogen-bond donors (Lipinski definition) is 0. The lowest BCUT2D eigenvalue weighted by Gasteiger charge is -2.21. The highest BCUT2D eigenvalue weighted by molar-refractivity contribution is 9.10. The zero-order valence-electron chi connectivity index (χ0n) is 16.4. The van der Waals surface area contributed by atoms with E-state index in [1.165, 1.54) is 11.8 Å². The minimum Gasteiger partial charge on any atom is -0.460 e. The quantitative estimate of drug-likeness (QED) is 0.205. The van der Waals surface area contributed by atoms with Crippen molar-refractivity contribution in [1.29, 1.82) is 0 Å². The third kappa shape index (κ3) is 3.80. The third-order valence-corrected chi connectivity index (χ3v) is 6.94. The largest absolute Gasteiger partial charge is 0.460 e. The summed E-state index contributed by atoms with van der Waals surface area (Å²) in [6, 6.07) is 25.3. The van der Waals surface area contributed by atoms with Gasteiger partial charge in [-0.2, -0.15) is 0 Å². The van der Waals surface area contributed by atoms with Gasteiger partial charge in [-0.15, -0.1) is 11.8 Å². The Morgan fingerprint density at radius 1 is 0.806 bits per heavy atom. The van der Waals surface area contributed by atoms with Gasteiger partial charge in [-0.1, -0.05) is 76.6 Å². The van der Waals surface area contributed by atoms with E-state index in [9.17, 15) is 9.59 Å². The number of fused-ring (bicyclic) bond motifs is 2. The van der Waals surface area contributed by atoms with Crippen molar-refractivity contribution in [3.8, 4) is 11.1 Å². The van der Waals surface area contributed by atoms with Crippen LogP contribution in [-0.4, -0.2) is 17.5 Å². The van der Waals surface area contributed by atoms with E-state index in [1.54, 1.807) is 0 Å². The summed E-state index contributed by atoms with van der Waals surface area (Å²) in [4.78, 5) is 26.3. The van der Waals surface area contributed by atoms with E-state index in [0.29, 0.717) is 5.56 Å². The molecule has 3 nitrogen and oxygen atoms in total. The predicted octanol–water partition coefficient (Wildman–Crippen LogP) is 6.65. The van der Waals surface area contributed by atoms with Crippen LogP contribution in [0.1, 0.15) is 21.5 Å². The van der Waals surface area contributed by atoms with Gasteiger partial charge >= 0.3 is 5.97 Å². The van der Waals surface area contributed by atoms with Gasteiger partial charge in [0.15, 0.2) is 5.78 Å². The highest BCUT2D eigenvalue weighted by Crippen LogP contribution is 2.42. The minimum absolute atomic E-state index is 0.0461. The number of carbonyl (C=O) groups excluding carboxylic acids is 2. The molecule has 5 rings (SSSR count). The second-order valence-corrected chi connectivity index (χ2v) is 9.22. The third-order valence-electron chi connectivity index (χ3n) is 5.37. The van der Waals surface area contributed by atoms with E-state index in [1.807, 2.05) is 78.9 Å². The summed E-state index contributed by atoms with van der Waals surface area (Å²) < 4.78 is 6.40. The number of hydrogen-bond acceptors (Lipinski definition) is 4. The zero-order chi connectivity index (χ0) is 21.4. The topological polar surface area (TPSA) is 43.4 Å². The first kappa shape index (κ1) is 20.0. The molecule has 0 N–H and O–H groups in total. The fraction of sp³-hybridized carbons (Fsp3) is 0.0769. The van der Waals surface area contributed by atoms with Crippen LogP contribution in [0.2, 0.25) is 0 Å². The number of carbonyl (C=O) groups is 2. The van der Waals surface area contributed by atoms with E-state index < -0.39 is 0 Å². The van der Waals surface area contributed by atoms with Crippen molar-refractivity contribution >= 4 is 50.2 Å². The Kier molecular flexibility index (Phi) is 5.38. The molecule has 4 aromatic carbocycles. The van der Waals surface area contributed by atoms with Gasteiger partial charge in [-0.25, -0.2) is 0 Å². The lowest BCUT2D eigenvalue weighted by Crippen LogP contribution is -2.10. The van der Waals surface area contributed by atoms with Crippen LogP contribution in [-0.2, 0) is 16.1 Å². The molecule has 0 saturated heterocycles. The average molecular weight is 489 g/mol. The summed E-state index contributed by atoms with van der Waals surface area (Å²) in [6.45, 7) is 0.252. The SMILES string of the molecule is O=C(CSc1ccc2c3c(cccc13)C(=O)c1ccccc1-2)OCc1ccc(Br)cc1. The van der Waals surface area contributed by atoms with Gasteiger partial charge < -0.3 is 4.74 Å². The van der Waals surface area contributed by atoms with Gasteiger partial charge in [0.1, 0.15) is 6.61 Å². The Balaban J connectivity index is 1.38. The molecule has 0 atom stereocenters. The monoisotopic (exact) mass is 488 g/mol. The zero-order valence-corrected chi connectivity index (χ0v) is 18.8. The molecular formula is C26H17BrO3S. The van der Waals surface area contributed by atoms with Crippen LogP contribution in [0.5, 0.6) is 0 Å². The van der Waals surface area contributed by atoms with Crippen LogP contribution >= 0.6 is 27.7 Å². The van der Waals surface area contributed by atoms with E-state index in [4.69, 9.17) is 4.74 Å². The first-order valence-corrected chi connectivity index (χ1v) is 11.6. The van der Waals surface area contributed by atoms with Gasteiger partial charge in [0.05, 0.1) is 5.75 Å². The maximum atomic E-state index is 13.0. The van der Waals surface area contributed by atoms with Gasteiger partial charge in [0.25, 0.3) is 0 Å². The molecule has 0 aromatic heterocycles. The van der Waals surface area contributed by atoms with Gasteiger partial charge in [-0.05, 0) is 40.3 Å². The van der Waals surface area contributed by atoms with Crippen molar-refractivity contribution in [2.45, 2.75) is 11.5 Å². The number of benzene rings is 4. The Morgan fingerprint density at radius 2 is 1.55 bits per heavy atom. The van der Waals surface area contributed by atoms with Crippen molar-refractivity contribution in [2.75, 3.05) is 5.75 Å². The Bertz CT molecular complexity index is 1330. The molecule has 1 aliphatic rings. The molecule has 5 heteroatoms. The summed E-state index contributed by atoms with van der Waals surface area (Å²) in [5.41, 5.74) is 4.41. The van der Waals surface area contributed by atoms with Gasteiger partial charge in [-0.3, -0.25) is 9.59 Å². The number of esters is 1. The van der Waals surface area contributed by atoms with E-state index in [0.717, 1.165) is 42.4 Å². The number of thioether (sulfide) groups is 1. The van der Waals surface area contributed by atoms with Crippen LogP contribution in [0.25, 0.3) is 21.9 Å². The Hall–Kier alpha value is -2.89. The van der Waals surface area contributed by atoms with Crippen LogP contribution in [0.4, 0.5) is 0 Å². The van der Waals surface area contributed by atoms with Crippen molar-refractivity contribution in [3.05, 3.63) is 100 Å². The Morgan fingerprint density at radius 3 is 2.35 bits per heavy atom. The molecule has 152 valence electrons. The summed E-state index contributed by atoms with van der Waals surface area (Å²) >= 11 is 4.83. The highest BCUT2D eigenvalue weighted by Gasteiger charge is 2.25. The maximum Gasteiger partial charge on any atom is 0.316 e. The highest BCUT2D eigenvalue weighted by atomic mass is 79.9. The molecule has 0 radical (unpaired) electrons. The molecule has 0 fully saturated rings. The average Bonchev–Trinajstić information content (AvgIpc) is 2.81. The molecule has 0 unspecified atom stereocenters. The summed E-state index contributed by atoms with van der Waals surface area (Å²) in [5.74, 6) is -0.0145. The van der Waals surface area contributed by atoms with E-state index in [2.05, 4.69) is 15.9 Å². The van der Waals surface area contributed by atoms with Crippen molar-refractivity contribution in [2.24, 2.45) is 0 Å². The molecule has 0 bridgehead atoms. The molecular weight excluding hydrogens is 472 g/mol. The fourth-order valence-corrected chi connectivity index (χ4v) is 5.01. The van der Waals surface area contributed by atoms with Crippen LogP contribution in [0, 0.1) is 0 Å². The van der Waals surface area contributed by atoms with Gasteiger partial charge in [0.2, 0.25) is 0 Å². The number of halogens is 1. The standard InChI is InChI=1S/C26H17BrO3S/c27-17-10-8-16(9-11-17)14-30-24(28)15-31-23-13-12-19-18-4-1-2-5-20(18)26(29)22-7-3-6-21(23)25(19)22/h1-13H,14-15H2. The summed E-state index contributed by atoms with van der Waals surface area (Å²) in [6.07, 6.45) is 0.